The molecule has 0 saturated carbocycles. The Bertz CT molecular complexity index is 1130. The van der Waals surface area contributed by atoms with Crippen LogP contribution in [0.25, 0.3) is 16.8 Å². The van der Waals surface area contributed by atoms with E-state index in [1.54, 1.807) is 17.4 Å². The van der Waals surface area contributed by atoms with Crippen molar-refractivity contribution in [2.75, 3.05) is 26.9 Å². The molecule has 1 fully saturated rings. The molecule has 7 nitrogen and oxygen atoms in total. The summed E-state index contributed by atoms with van der Waals surface area (Å²) in [6.07, 6.45) is -0.832. The Morgan fingerprint density at radius 1 is 1.35 bits per heavy atom. The lowest BCUT2D eigenvalue weighted by Gasteiger charge is -2.26. The summed E-state index contributed by atoms with van der Waals surface area (Å²) in [5.41, 5.74) is 0.578. The van der Waals surface area contributed by atoms with Crippen molar-refractivity contribution in [2.24, 2.45) is 0 Å². The SMILES string of the molecule is CCOC(=O)c1cc2c(-c3cc(C(F)F)cc([C@@]4(OC)CCOC4)n3)cc(Cl)n2cn1. The highest BCUT2D eigenvalue weighted by Crippen LogP contribution is 2.38. The van der Waals surface area contributed by atoms with Gasteiger partial charge in [0, 0.05) is 31.3 Å². The van der Waals surface area contributed by atoms with Gasteiger partial charge in [0.1, 0.15) is 17.1 Å². The Morgan fingerprint density at radius 3 is 2.81 bits per heavy atom. The third-order valence-corrected chi connectivity index (χ3v) is 5.61. The predicted molar refractivity (Wildman–Crippen MR) is 108 cm³/mol. The molecule has 1 aliphatic heterocycles. The summed E-state index contributed by atoms with van der Waals surface area (Å²) in [6.45, 7) is 2.55. The van der Waals surface area contributed by atoms with Crippen molar-refractivity contribution in [3.8, 4) is 11.3 Å². The van der Waals surface area contributed by atoms with Gasteiger partial charge in [0.25, 0.3) is 6.43 Å². The van der Waals surface area contributed by atoms with E-state index in [0.29, 0.717) is 35.0 Å². The van der Waals surface area contributed by atoms with Gasteiger partial charge in [-0.05, 0) is 31.2 Å². The van der Waals surface area contributed by atoms with E-state index < -0.39 is 18.0 Å². The number of hydrogen-bond donors (Lipinski definition) is 0. The summed E-state index contributed by atoms with van der Waals surface area (Å²) in [4.78, 5) is 20.8. The highest BCUT2D eigenvalue weighted by molar-refractivity contribution is 6.30. The van der Waals surface area contributed by atoms with Gasteiger partial charge >= 0.3 is 5.97 Å². The molecule has 1 aliphatic rings. The van der Waals surface area contributed by atoms with E-state index in [2.05, 4.69) is 9.97 Å². The molecule has 3 aromatic rings. The zero-order chi connectivity index (χ0) is 22.2. The molecule has 3 aromatic heterocycles. The molecule has 1 saturated heterocycles. The normalized spacial score (nSPS) is 18.8. The lowest BCUT2D eigenvalue weighted by molar-refractivity contribution is -0.0247. The molecule has 0 aromatic carbocycles. The number of carbonyl (C=O) groups is 1. The number of halogens is 3. The molecule has 0 amide bonds. The molecule has 31 heavy (non-hydrogen) atoms. The summed E-state index contributed by atoms with van der Waals surface area (Å²) in [5, 5.41) is 0.296. The zero-order valence-corrected chi connectivity index (χ0v) is 17.7. The minimum Gasteiger partial charge on any atom is -0.461 e. The van der Waals surface area contributed by atoms with Crippen molar-refractivity contribution in [3.05, 3.63) is 52.7 Å². The van der Waals surface area contributed by atoms with Crippen LogP contribution in [0.2, 0.25) is 5.15 Å². The highest BCUT2D eigenvalue weighted by atomic mass is 35.5. The van der Waals surface area contributed by atoms with Gasteiger partial charge in [-0.25, -0.2) is 23.5 Å². The molecule has 1 atom stereocenters. The summed E-state index contributed by atoms with van der Waals surface area (Å²) in [6, 6.07) is 5.75. The van der Waals surface area contributed by atoms with E-state index >= 15 is 0 Å². The van der Waals surface area contributed by atoms with Crippen molar-refractivity contribution in [1.29, 1.82) is 0 Å². The summed E-state index contributed by atoms with van der Waals surface area (Å²) in [5.74, 6) is -0.593. The Hall–Kier alpha value is -2.62. The first kappa shape index (κ1) is 21.6. The Morgan fingerprint density at radius 2 is 2.16 bits per heavy atom. The smallest absolute Gasteiger partial charge is 0.357 e. The van der Waals surface area contributed by atoms with Crippen molar-refractivity contribution in [1.82, 2.24) is 14.4 Å². The van der Waals surface area contributed by atoms with Crippen LogP contribution in [0.5, 0.6) is 0 Å². The van der Waals surface area contributed by atoms with E-state index in [4.69, 9.17) is 25.8 Å². The van der Waals surface area contributed by atoms with Crippen LogP contribution in [0.3, 0.4) is 0 Å². The highest BCUT2D eigenvalue weighted by Gasteiger charge is 2.39. The Kier molecular flexibility index (Phi) is 5.92. The van der Waals surface area contributed by atoms with E-state index in [9.17, 15) is 13.6 Å². The predicted octanol–water partition coefficient (Wildman–Crippen LogP) is 4.43. The van der Waals surface area contributed by atoms with Gasteiger partial charge in [-0.15, -0.1) is 0 Å². The first-order chi connectivity index (χ1) is 14.9. The number of carbonyl (C=O) groups excluding carboxylic acids is 1. The van der Waals surface area contributed by atoms with Gasteiger partial charge in [0.15, 0.2) is 5.69 Å². The van der Waals surface area contributed by atoms with E-state index in [0.717, 1.165) is 0 Å². The molecule has 0 bridgehead atoms. The van der Waals surface area contributed by atoms with Crippen molar-refractivity contribution in [3.63, 3.8) is 0 Å². The fraction of sp³-hybridized carbons (Fsp3) is 0.381. The number of rotatable bonds is 6. The minimum atomic E-state index is -2.71. The largest absolute Gasteiger partial charge is 0.461 e. The molecule has 4 rings (SSSR count). The third-order valence-electron chi connectivity index (χ3n) is 5.32. The monoisotopic (exact) mass is 451 g/mol. The number of ether oxygens (including phenoxy) is 3. The molecular weight excluding hydrogens is 432 g/mol. The van der Waals surface area contributed by atoms with Gasteiger partial charge in [-0.3, -0.25) is 4.40 Å². The van der Waals surface area contributed by atoms with Gasteiger partial charge < -0.3 is 14.2 Å². The third kappa shape index (κ3) is 3.88. The van der Waals surface area contributed by atoms with Crippen molar-refractivity contribution in [2.45, 2.75) is 25.4 Å². The van der Waals surface area contributed by atoms with Crippen LogP contribution in [-0.2, 0) is 19.8 Å². The molecule has 0 radical (unpaired) electrons. The van der Waals surface area contributed by atoms with Crippen LogP contribution >= 0.6 is 11.6 Å². The second-order valence-corrected chi connectivity index (χ2v) is 7.49. The number of alkyl halides is 2. The van der Waals surface area contributed by atoms with Crippen LogP contribution in [0.15, 0.2) is 30.6 Å². The fourth-order valence-corrected chi connectivity index (χ4v) is 3.89. The Labute approximate surface area is 181 Å². The van der Waals surface area contributed by atoms with Crippen LogP contribution in [-0.4, -0.2) is 47.3 Å². The number of hydrogen-bond acceptors (Lipinski definition) is 6. The van der Waals surface area contributed by atoms with E-state index in [1.165, 1.54) is 31.6 Å². The molecule has 0 unspecified atom stereocenters. The summed E-state index contributed by atoms with van der Waals surface area (Å²) >= 11 is 6.33. The standard InChI is InChI=1S/C21H20ClF2N3O4/c1-3-31-20(28)15-9-16-13(8-18(22)27(16)11-25-15)14-6-12(19(23)24)7-17(26-14)21(29-2)4-5-30-10-21/h6-9,11,19H,3-5,10H2,1-2H3/t21-/m1/s1. The average molecular weight is 452 g/mol. The molecule has 0 spiro atoms. The lowest BCUT2D eigenvalue weighted by atomic mass is 9.95. The maximum Gasteiger partial charge on any atom is 0.357 e. The number of fused-ring (bicyclic) bond motifs is 1. The molecule has 0 N–H and O–H groups in total. The van der Waals surface area contributed by atoms with E-state index in [1.807, 2.05) is 0 Å². The van der Waals surface area contributed by atoms with Gasteiger partial charge in [0.05, 0.1) is 30.1 Å². The van der Waals surface area contributed by atoms with Crippen LogP contribution in [0.4, 0.5) is 8.78 Å². The van der Waals surface area contributed by atoms with Crippen LogP contribution in [0.1, 0.15) is 41.5 Å². The second kappa shape index (κ2) is 8.49. The topological polar surface area (TPSA) is 75.0 Å². The average Bonchev–Trinajstić information content (AvgIpc) is 3.39. The van der Waals surface area contributed by atoms with Gasteiger partial charge in [-0.1, -0.05) is 11.6 Å². The van der Waals surface area contributed by atoms with Crippen LogP contribution in [0, 0.1) is 0 Å². The molecule has 0 aliphatic carbocycles. The number of methoxy groups -OCH3 is 1. The molecule has 10 heteroatoms. The molecule has 4 heterocycles. The maximum atomic E-state index is 13.7. The number of aromatic nitrogens is 3. The fourth-order valence-electron chi connectivity index (χ4n) is 3.64. The summed E-state index contributed by atoms with van der Waals surface area (Å²) in [7, 11) is 1.51. The maximum absolute atomic E-state index is 13.7. The van der Waals surface area contributed by atoms with Gasteiger partial charge in [0.2, 0.25) is 0 Å². The zero-order valence-electron chi connectivity index (χ0n) is 16.9. The summed E-state index contributed by atoms with van der Waals surface area (Å²) < 4.78 is 45.1. The number of pyridine rings is 1. The van der Waals surface area contributed by atoms with E-state index in [-0.39, 0.29) is 30.2 Å². The Balaban J connectivity index is 1.90. The number of nitrogens with zero attached hydrogens (tertiary/aromatic N) is 3. The molecule has 164 valence electrons. The first-order valence-corrected chi connectivity index (χ1v) is 10.0. The van der Waals surface area contributed by atoms with Gasteiger partial charge in [-0.2, -0.15) is 0 Å². The number of esters is 1. The quantitative estimate of drug-likeness (QED) is 0.516. The first-order valence-electron chi connectivity index (χ1n) is 9.66. The van der Waals surface area contributed by atoms with Crippen molar-refractivity contribution >= 4 is 23.1 Å². The second-order valence-electron chi connectivity index (χ2n) is 7.10. The molecular formula is C21H20ClF2N3O4. The lowest BCUT2D eigenvalue weighted by Crippen LogP contribution is -2.30. The van der Waals surface area contributed by atoms with Crippen LogP contribution < -0.4 is 0 Å². The van der Waals surface area contributed by atoms with Crippen molar-refractivity contribution < 1.29 is 27.8 Å². The minimum absolute atomic E-state index is 0.0770.